The van der Waals surface area contributed by atoms with Gasteiger partial charge in [0.2, 0.25) is 5.91 Å². The summed E-state index contributed by atoms with van der Waals surface area (Å²) in [5.41, 5.74) is -0.219. The normalized spacial score (nSPS) is 18.3. The molecule has 0 aromatic carbocycles. The first-order chi connectivity index (χ1) is 6.80. The van der Waals surface area contributed by atoms with E-state index < -0.39 is 5.97 Å². The second-order valence-corrected chi connectivity index (χ2v) is 5.30. The van der Waals surface area contributed by atoms with Crippen molar-refractivity contribution in [2.45, 2.75) is 46.1 Å². The van der Waals surface area contributed by atoms with Crippen molar-refractivity contribution in [3.05, 3.63) is 0 Å². The summed E-state index contributed by atoms with van der Waals surface area (Å²) in [6.07, 6.45) is 1.87. The van der Waals surface area contributed by atoms with Crippen LogP contribution in [0.1, 0.15) is 40.0 Å². The van der Waals surface area contributed by atoms with E-state index in [1.54, 1.807) is 0 Å². The van der Waals surface area contributed by atoms with Crippen molar-refractivity contribution in [3.63, 3.8) is 0 Å². The van der Waals surface area contributed by atoms with E-state index in [-0.39, 0.29) is 29.7 Å². The summed E-state index contributed by atoms with van der Waals surface area (Å²) in [7, 11) is 0. The smallest absolute Gasteiger partial charge is 0.305 e. The molecule has 1 aliphatic rings. The number of hydrogen-bond acceptors (Lipinski definition) is 2. The average Bonchev–Trinajstić information content (AvgIpc) is 2.81. The largest absolute Gasteiger partial charge is 0.481 e. The van der Waals surface area contributed by atoms with Gasteiger partial charge in [-0.3, -0.25) is 9.59 Å². The third kappa shape index (κ3) is 3.90. The first kappa shape index (κ1) is 12.0. The lowest BCUT2D eigenvalue weighted by Gasteiger charge is -2.30. The second kappa shape index (κ2) is 4.21. The number of nitrogens with one attached hydrogen (secondary N) is 1. The molecule has 1 aliphatic carbocycles. The van der Waals surface area contributed by atoms with Crippen molar-refractivity contribution < 1.29 is 14.7 Å². The van der Waals surface area contributed by atoms with Crippen LogP contribution < -0.4 is 5.32 Å². The summed E-state index contributed by atoms with van der Waals surface area (Å²) in [5, 5.41) is 11.6. The van der Waals surface area contributed by atoms with E-state index in [9.17, 15) is 9.59 Å². The fourth-order valence-electron chi connectivity index (χ4n) is 1.38. The molecule has 1 unspecified atom stereocenters. The molecule has 1 saturated carbocycles. The molecule has 4 heteroatoms. The quantitative estimate of drug-likeness (QED) is 0.741. The van der Waals surface area contributed by atoms with E-state index >= 15 is 0 Å². The van der Waals surface area contributed by atoms with E-state index in [1.165, 1.54) is 0 Å². The van der Waals surface area contributed by atoms with Crippen molar-refractivity contribution in [3.8, 4) is 0 Å². The molecule has 4 nitrogen and oxygen atoms in total. The predicted octanol–water partition coefficient (Wildman–Crippen LogP) is 1.40. The zero-order valence-electron chi connectivity index (χ0n) is 9.54. The lowest BCUT2D eigenvalue weighted by atomic mass is 9.84. The fraction of sp³-hybridized carbons (Fsp3) is 0.818. The van der Waals surface area contributed by atoms with Crippen LogP contribution in [0.15, 0.2) is 0 Å². The highest BCUT2D eigenvalue weighted by Gasteiger charge is 2.34. The topological polar surface area (TPSA) is 66.4 Å². The van der Waals surface area contributed by atoms with Crippen LogP contribution in [0.5, 0.6) is 0 Å². The first-order valence-electron chi connectivity index (χ1n) is 5.33. The third-order valence-electron chi connectivity index (χ3n) is 2.69. The molecular weight excluding hydrogens is 194 g/mol. The summed E-state index contributed by atoms with van der Waals surface area (Å²) in [6.45, 7) is 5.81. The Bertz CT molecular complexity index is 263. The number of carboxylic acids is 1. The molecule has 1 fully saturated rings. The van der Waals surface area contributed by atoms with Gasteiger partial charge in [0, 0.05) is 12.0 Å². The molecule has 0 aromatic rings. The molecule has 1 amide bonds. The number of carboxylic acid groups (broad SMARTS) is 1. The number of carbonyl (C=O) groups is 2. The minimum Gasteiger partial charge on any atom is -0.481 e. The Balaban J connectivity index is 2.55. The van der Waals surface area contributed by atoms with Crippen molar-refractivity contribution in [1.29, 1.82) is 0 Å². The Morgan fingerprint density at radius 2 is 1.93 bits per heavy atom. The van der Waals surface area contributed by atoms with Crippen LogP contribution in [0.4, 0.5) is 0 Å². The average molecular weight is 213 g/mol. The van der Waals surface area contributed by atoms with Crippen molar-refractivity contribution in [2.75, 3.05) is 0 Å². The van der Waals surface area contributed by atoms with E-state index in [0.29, 0.717) is 0 Å². The van der Waals surface area contributed by atoms with Gasteiger partial charge < -0.3 is 10.4 Å². The van der Waals surface area contributed by atoms with Gasteiger partial charge in [0.05, 0.1) is 6.42 Å². The minimum absolute atomic E-state index is 0.0103. The van der Waals surface area contributed by atoms with Crippen LogP contribution in [-0.2, 0) is 9.59 Å². The van der Waals surface area contributed by atoms with Crippen LogP contribution >= 0.6 is 0 Å². The molecule has 15 heavy (non-hydrogen) atoms. The number of carbonyl (C=O) groups excluding carboxylic acids is 1. The van der Waals surface area contributed by atoms with Crippen molar-refractivity contribution in [1.82, 2.24) is 5.32 Å². The number of amides is 1. The Morgan fingerprint density at radius 3 is 2.27 bits per heavy atom. The van der Waals surface area contributed by atoms with Crippen LogP contribution in [0.2, 0.25) is 0 Å². The van der Waals surface area contributed by atoms with E-state index in [1.807, 2.05) is 20.8 Å². The molecule has 1 rings (SSSR count). The highest BCUT2D eigenvalue weighted by molar-refractivity contribution is 5.81. The Kier molecular flexibility index (Phi) is 3.37. The lowest BCUT2D eigenvalue weighted by Crippen LogP contribution is -2.45. The Labute approximate surface area is 90.0 Å². The van der Waals surface area contributed by atoms with Gasteiger partial charge in [-0.1, -0.05) is 20.8 Å². The lowest BCUT2D eigenvalue weighted by molar-refractivity contribution is -0.138. The third-order valence-corrected chi connectivity index (χ3v) is 2.69. The van der Waals surface area contributed by atoms with Gasteiger partial charge >= 0.3 is 5.97 Å². The summed E-state index contributed by atoms with van der Waals surface area (Å²) in [5.74, 6) is -0.731. The summed E-state index contributed by atoms with van der Waals surface area (Å²) in [6, 6.07) is -0.289. The standard InChI is InChI=1S/C11H19NO3/c1-11(2,3)8(6-9(13)14)12-10(15)7-4-5-7/h7-8H,4-6H2,1-3H3,(H,12,15)(H,13,14). The molecular formula is C11H19NO3. The maximum atomic E-state index is 11.5. The van der Waals surface area contributed by atoms with Crippen molar-refractivity contribution in [2.24, 2.45) is 11.3 Å². The van der Waals surface area contributed by atoms with Gasteiger partial charge in [0.1, 0.15) is 0 Å². The number of rotatable bonds is 4. The zero-order chi connectivity index (χ0) is 11.6. The molecule has 0 spiro atoms. The first-order valence-corrected chi connectivity index (χ1v) is 5.33. The highest BCUT2D eigenvalue weighted by atomic mass is 16.4. The van der Waals surface area contributed by atoms with Gasteiger partial charge in [0.15, 0.2) is 0 Å². The number of hydrogen-bond donors (Lipinski definition) is 2. The second-order valence-electron chi connectivity index (χ2n) is 5.30. The molecule has 0 radical (unpaired) electrons. The Morgan fingerprint density at radius 1 is 1.40 bits per heavy atom. The summed E-state index contributed by atoms with van der Waals surface area (Å²) in [4.78, 5) is 22.2. The molecule has 0 heterocycles. The zero-order valence-corrected chi connectivity index (χ0v) is 9.54. The predicted molar refractivity (Wildman–Crippen MR) is 56.4 cm³/mol. The highest BCUT2D eigenvalue weighted by Crippen LogP contribution is 2.30. The van der Waals surface area contributed by atoms with Crippen LogP contribution in [0.3, 0.4) is 0 Å². The maximum Gasteiger partial charge on any atom is 0.305 e. The summed E-state index contributed by atoms with van der Waals surface area (Å²) < 4.78 is 0. The maximum absolute atomic E-state index is 11.5. The fourth-order valence-corrected chi connectivity index (χ4v) is 1.38. The molecule has 1 atom stereocenters. The van der Waals surface area contributed by atoms with E-state index in [4.69, 9.17) is 5.11 Å². The number of aliphatic carboxylic acids is 1. The monoisotopic (exact) mass is 213 g/mol. The molecule has 0 bridgehead atoms. The van der Waals surface area contributed by atoms with Gasteiger partial charge in [-0.15, -0.1) is 0 Å². The van der Waals surface area contributed by atoms with Crippen LogP contribution in [-0.4, -0.2) is 23.0 Å². The van der Waals surface area contributed by atoms with Gasteiger partial charge in [-0.05, 0) is 18.3 Å². The SMILES string of the molecule is CC(C)(C)C(CC(=O)O)NC(=O)C1CC1. The molecule has 0 aromatic heterocycles. The van der Waals surface area contributed by atoms with Crippen LogP contribution in [0.25, 0.3) is 0 Å². The molecule has 0 aliphatic heterocycles. The van der Waals surface area contributed by atoms with Gasteiger partial charge in [-0.2, -0.15) is 0 Å². The minimum atomic E-state index is -0.869. The van der Waals surface area contributed by atoms with Gasteiger partial charge in [-0.25, -0.2) is 0 Å². The van der Waals surface area contributed by atoms with Crippen molar-refractivity contribution >= 4 is 11.9 Å². The van der Waals surface area contributed by atoms with Gasteiger partial charge in [0.25, 0.3) is 0 Å². The van der Waals surface area contributed by atoms with Crippen LogP contribution in [0, 0.1) is 11.3 Å². The Hall–Kier alpha value is -1.06. The molecule has 2 N–H and O–H groups in total. The van der Waals surface area contributed by atoms with E-state index in [0.717, 1.165) is 12.8 Å². The summed E-state index contributed by atoms with van der Waals surface area (Å²) >= 11 is 0. The molecule has 86 valence electrons. The van der Waals surface area contributed by atoms with E-state index in [2.05, 4.69) is 5.32 Å². The molecule has 0 saturated heterocycles.